The van der Waals surface area contributed by atoms with E-state index >= 15 is 0 Å². The molecular formula is C20H24N4O5. The Hall–Kier alpha value is -3.10. The molecule has 1 aromatic heterocycles. The molecule has 0 saturated carbocycles. The summed E-state index contributed by atoms with van der Waals surface area (Å²) in [6.45, 7) is 4.43. The first-order chi connectivity index (χ1) is 14.1. The third-order valence-corrected chi connectivity index (χ3v) is 5.31. The lowest BCUT2D eigenvalue weighted by Crippen LogP contribution is -2.51. The van der Waals surface area contributed by atoms with E-state index < -0.39 is 0 Å². The Bertz CT molecular complexity index is 994. The van der Waals surface area contributed by atoms with Crippen LogP contribution in [0.15, 0.2) is 23.0 Å². The number of amides is 2. The van der Waals surface area contributed by atoms with Gasteiger partial charge in [-0.2, -0.15) is 0 Å². The fourth-order valence-corrected chi connectivity index (χ4v) is 3.74. The molecule has 2 aliphatic heterocycles. The van der Waals surface area contributed by atoms with Gasteiger partial charge in [0.2, 0.25) is 0 Å². The van der Waals surface area contributed by atoms with E-state index in [1.807, 2.05) is 0 Å². The second kappa shape index (κ2) is 8.10. The van der Waals surface area contributed by atoms with E-state index in [1.165, 1.54) is 0 Å². The predicted octanol–water partition coefficient (Wildman–Crippen LogP) is 1.02. The van der Waals surface area contributed by atoms with Crippen LogP contribution in [0.1, 0.15) is 19.2 Å². The summed E-state index contributed by atoms with van der Waals surface area (Å²) >= 11 is 0. The van der Waals surface area contributed by atoms with Crippen LogP contribution in [0, 0.1) is 0 Å². The van der Waals surface area contributed by atoms with Crippen molar-refractivity contribution < 1.29 is 19.1 Å². The number of hydrogen-bond acceptors (Lipinski definition) is 6. The SMILES string of the molecule is CCOC(=O)N1CCN(C(=O)COc2ccc3nc4n(c(=O)c3c2)CCC4)CC1. The lowest BCUT2D eigenvalue weighted by molar-refractivity contribution is -0.134. The minimum Gasteiger partial charge on any atom is -0.484 e. The lowest BCUT2D eigenvalue weighted by Gasteiger charge is -2.33. The van der Waals surface area contributed by atoms with Crippen molar-refractivity contribution in [2.75, 3.05) is 39.4 Å². The molecule has 1 saturated heterocycles. The summed E-state index contributed by atoms with van der Waals surface area (Å²) in [7, 11) is 0. The van der Waals surface area contributed by atoms with Gasteiger partial charge in [-0.3, -0.25) is 14.2 Å². The van der Waals surface area contributed by atoms with Crippen molar-refractivity contribution in [1.29, 1.82) is 0 Å². The van der Waals surface area contributed by atoms with E-state index in [2.05, 4.69) is 4.98 Å². The normalized spacial score (nSPS) is 16.0. The Morgan fingerprint density at radius 3 is 2.62 bits per heavy atom. The number of piperazine rings is 1. The van der Waals surface area contributed by atoms with E-state index in [-0.39, 0.29) is 24.2 Å². The Morgan fingerprint density at radius 2 is 1.86 bits per heavy atom. The van der Waals surface area contributed by atoms with Crippen LogP contribution < -0.4 is 10.3 Å². The van der Waals surface area contributed by atoms with Gasteiger partial charge < -0.3 is 19.3 Å². The van der Waals surface area contributed by atoms with Crippen molar-refractivity contribution in [2.45, 2.75) is 26.3 Å². The van der Waals surface area contributed by atoms with E-state index in [1.54, 1.807) is 39.5 Å². The fourth-order valence-electron chi connectivity index (χ4n) is 3.74. The summed E-state index contributed by atoms with van der Waals surface area (Å²) in [6.07, 6.45) is 1.40. The Kier molecular flexibility index (Phi) is 5.37. The number of fused-ring (bicyclic) bond motifs is 2. The summed E-state index contributed by atoms with van der Waals surface area (Å²) in [4.78, 5) is 44.6. The zero-order valence-electron chi connectivity index (χ0n) is 16.4. The Morgan fingerprint density at radius 1 is 1.10 bits per heavy atom. The standard InChI is InChI=1S/C20H24N4O5/c1-2-28-20(27)23-10-8-22(9-11-23)18(25)13-29-14-5-6-16-15(12-14)19(26)24-7-3-4-17(24)21-16/h5-6,12H,2-4,7-11,13H2,1H3. The minimum absolute atomic E-state index is 0.0608. The zero-order chi connectivity index (χ0) is 20.4. The summed E-state index contributed by atoms with van der Waals surface area (Å²) in [5, 5.41) is 0.503. The molecule has 1 aromatic carbocycles. The van der Waals surface area contributed by atoms with Crippen molar-refractivity contribution in [3.8, 4) is 5.75 Å². The molecule has 0 N–H and O–H groups in total. The van der Waals surface area contributed by atoms with Gasteiger partial charge in [-0.15, -0.1) is 0 Å². The quantitative estimate of drug-likeness (QED) is 0.761. The highest BCUT2D eigenvalue weighted by atomic mass is 16.6. The molecule has 0 aliphatic carbocycles. The maximum atomic E-state index is 12.6. The summed E-state index contributed by atoms with van der Waals surface area (Å²) in [5.74, 6) is 1.14. The molecule has 2 amide bonds. The molecule has 0 bridgehead atoms. The van der Waals surface area contributed by atoms with E-state index in [4.69, 9.17) is 9.47 Å². The maximum absolute atomic E-state index is 12.6. The first kappa shape index (κ1) is 19.2. The molecule has 1 fully saturated rings. The second-order valence-corrected chi connectivity index (χ2v) is 7.12. The third kappa shape index (κ3) is 3.90. The average molecular weight is 400 g/mol. The van der Waals surface area contributed by atoms with Gasteiger partial charge in [0.1, 0.15) is 11.6 Å². The summed E-state index contributed by atoms with van der Waals surface area (Å²) in [6, 6.07) is 5.14. The highest BCUT2D eigenvalue weighted by Gasteiger charge is 2.25. The molecule has 154 valence electrons. The fraction of sp³-hybridized carbons (Fsp3) is 0.500. The van der Waals surface area contributed by atoms with Crippen LogP contribution in [0.25, 0.3) is 10.9 Å². The lowest BCUT2D eigenvalue weighted by atomic mass is 10.2. The van der Waals surface area contributed by atoms with Gasteiger partial charge in [-0.05, 0) is 31.5 Å². The second-order valence-electron chi connectivity index (χ2n) is 7.12. The van der Waals surface area contributed by atoms with Crippen molar-refractivity contribution >= 4 is 22.9 Å². The van der Waals surface area contributed by atoms with Crippen LogP contribution in [0.3, 0.4) is 0 Å². The van der Waals surface area contributed by atoms with Gasteiger partial charge in [0, 0.05) is 39.1 Å². The summed E-state index contributed by atoms with van der Waals surface area (Å²) < 4.78 is 12.3. The number of carbonyl (C=O) groups excluding carboxylic acids is 2. The van der Waals surface area contributed by atoms with Gasteiger partial charge in [0.15, 0.2) is 6.61 Å². The van der Waals surface area contributed by atoms with Crippen LogP contribution in [0.2, 0.25) is 0 Å². The van der Waals surface area contributed by atoms with Gasteiger partial charge >= 0.3 is 6.09 Å². The van der Waals surface area contributed by atoms with Crippen molar-refractivity contribution in [3.05, 3.63) is 34.4 Å². The molecule has 0 atom stereocenters. The molecule has 0 unspecified atom stereocenters. The molecule has 0 spiro atoms. The number of carbonyl (C=O) groups is 2. The number of aromatic nitrogens is 2. The van der Waals surface area contributed by atoms with Crippen molar-refractivity contribution in [3.63, 3.8) is 0 Å². The molecule has 4 rings (SSSR count). The van der Waals surface area contributed by atoms with Gasteiger partial charge in [-0.25, -0.2) is 9.78 Å². The Balaban J connectivity index is 1.37. The first-order valence-corrected chi connectivity index (χ1v) is 9.92. The van der Waals surface area contributed by atoms with Gasteiger partial charge in [-0.1, -0.05) is 0 Å². The van der Waals surface area contributed by atoms with Crippen molar-refractivity contribution in [2.24, 2.45) is 0 Å². The molecular weight excluding hydrogens is 376 g/mol. The highest BCUT2D eigenvalue weighted by Crippen LogP contribution is 2.20. The van der Waals surface area contributed by atoms with Crippen LogP contribution >= 0.6 is 0 Å². The van der Waals surface area contributed by atoms with Gasteiger partial charge in [0.05, 0.1) is 17.5 Å². The molecule has 9 nitrogen and oxygen atoms in total. The van der Waals surface area contributed by atoms with Crippen LogP contribution in [0.4, 0.5) is 4.79 Å². The predicted molar refractivity (Wildman–Crippen MR) is 105 cm³/mol. The van der Waals surface area contributed by atoms with E-state index in [9.17, 15) is 14.4 Å². The minimum atomic E-state index is -0.349. The highest BCUT2D eigenvalue weighted by molar-refractivity contribution is 5.80. The van der Waals surface area contributed by atoms with Gasteiger partial charge in [0.25, 0.3) is 11.5 Å². The Labute approximate surface area is 167 Å². The molecule has 2 aromatic rings. The number of benzene rings is 1. The maximum Gasteiger partial charge on any atom is 0.409 e. The van der Waals surface area contributed by atoms with Crippen molar-refractivity contribution in [1.82, 2.24) is 19.4 Å². The van der Waals surface area contributed by atoms with E-state index in [0.717, 1.165) is 18.7 Å². The molecule has 29 heavy (non-hydrogen) atoms. The molecule has 3 heterocycles. The molecule has 2 aliphatic rings. The molecule has 9 heteroatoms. The monoisotopic (exact) mass is 400 g/mol. The largest absolute Gasteiger partial charge is 0.484 e. The smallest absolute Gasteiger partial charge is 0.409 e. The number of rotatable bonds is 4. The average Bonchev–Trinajstić information content (AvgIpc) is 3.21. The van der Waals surface area contributed by atoms with E-state index in [0.29, 0.717) is 56.0 Å². The topological polar surface area (TPSA) is 94.0 Å². The number of ether oxygens (including phenoxy) is 2. The number of aryl methyl sites for hydroxylation is 1. The van der Waals surface area contributed by atoms with Crippen LogP contribution in [-0.2, 0) is 22.5 Å². The van der Waals surface area contributed by atoms with Crippen LogP contribution in [0.5, 0.6) is 5.75 Å². The number of hydrogen-bond donors (Lipinski definition) is 0. The first-order valence-electron chi connectivity index (χ1n) is 9.92. The van der Waals surface area contributed by atoms with Crippen LogP contribution in [-0.4, -0.2) is 70.7 Å². The summed E-state index contributed by atoms with van der Waals surface area (Å²) in [5.41, 5.74) is 0.589. The zero-order valence-corrected chi connectivity index (χ0v) is 16.4. The molecule has 0 radical (unpaired) electrons. The number of nitrogens with zero attached hydrogens (tertiary/aromatic N) is 4. The third-order valence-electron chi connectivity index (χ3n) is 5.31.